The molecular weight excluding hydrogens is 258 g/mol. The lowest BCUT2D eigenvalue weighted by atomic mass is 9.98. The van der Waals surface area contributed by atoms with Gasteiger partial charge in [0.1, 0.15) is 5.54 Å². The van der Waals surface area contributed by atoms with Crippen LogP contribution in [0.25, 0.3) is 0 Å². The Hall–Kier alpha value is -1.30. The maximum Gasteiger partial charge on any atom is 0.329 e. The lowest BCUT2D eigenvalue weighted by Gasteiger charge is -2.36. The minimum atomic E-state index is -1.04. The number of aliphatic carboxylic acids is 1. The van der Waals surface area contributed by atoms with Crippen LogP contribution in [0.2, 0.25) is 0 Å². The fraction of sp³-hybridized carbons (Fsp3) is 0.857. The number of carboxylic acid groups (broad SMARTS) is 1. The predicted molar refractivity (Wildman–Crippen MR) is 75.6 cm³/mol. The van der Waals surface area contributed by atoms with Crippen LogP contribution in [0.3, 0.4) is 0 Å². The van der Waals surface area contributed by atoms with E-state index in [4.69, 9.17) is 0 Å². The van der Waals surface area contributed by atoms with Gasteiger partial charge in [0.15, 0.2) is 0 Å². The van der Waals surface area contributed by atoms with E-state index in [1.807, 2.05) is 6.92 Å². The van der Waals surface area contributed by atoms with Gasteiger partial charge in [0.05, 0.1) is 0 Å². The first-order valence-electron chi connectivity index (χ1n) is 7.62. The summed E-state index contributed by atoms with van der Waals surface area (Å²) in [5.41, 5.74) is -1.04. The SMILES string of the molecule is CCN(C(=O)NC1(C(=O)O)CCCC1)C1CCNCC1. The molecule has 0 aromatic carbocycles. The van der Waals surface area contributed by atoms with Crippen molar-refractivity contribution in [3.05, 3.63) is 0 Å². The quantitative estimate of drug-likeness (QED) is 0.723. The zero-order valence-electron chi connectivity index (χ0n) is 12.2. The summed E-state index contributed by atoms with van der Waals surface area (Å²) < 4.78 is 0. The van der Waals surface area contributed by atoms with Crippen LogP contribution < -0.4 is 10.6 Å². The van der Waals surface area contributed by atoms with Gasteiger partial charge in [0, 0.05) is 12.6 Å². The molecule has 0 spiro atoms. The van der Waals surface area contributed by atoms with Crippen molar-refractivity contribution >= 4 is 12.0 Å². The molecule has 6 nitrogen and oxygen atoms in total. The maximum atomic E-state index is 12.5. The van der Waals surface area contributed by atoms with Gasteiger partial charge in [-0.1, -0.05) is 12.8 Å². The van der Waals surface area contributed by atoms with E-state index in [9.17, 15) is 14.7 Å². The molecule has 114 valence electrons. The van der Waals surface area contributed by atoms with Gasteiger partial charge in [0.2, 0.25) is 0 Å². The van der Waals surface area contributed by atoms with E-state index in [1.165, 1.54) is 0 Å². The first-order chi connectivity index (χ1) is 9.59. The molecule has 3 N–H and O–H groups in total. The van der Waals surface area contributed by atoms with Crippen molar-refractivity contribution in [3.8, 4) is 0 Å². The zero-order chi connectivity index (χ0) is 14.6. The third-order valence-corrected chi connectivity index (χ3v) is 4.56. The van der Waals surface area contributed by atoms with Crippen LogP contribution in [-0.2, 0) is 4.79 Å². The number of urea groups is 1. The van der Waals surface area contributed by atoms with Gasteiger partial charge in [-0.25, -0.2) is 9.59 Å². The number of rotatable bonds is 4. The topological polar surface area (TPSA) is 81.7 Å². The standard InChI is InChI=1S/C14H25N3O3/c1-2-17(11-5-9-15-10-6-11)13(20)16-14(12(18)19)7-3-4-8-14/h11,15H,2-10H2,1H3,(H,16,20)(H,18,19). The highest BCUT2D eigenvalue weighted by Crippen LogP contribution is 2.30. The molecule has 2 amide bonds. The van der Waals surface area contributed by atoms with Crippen molar-refractivity contribution in [2.75, 3.05) is 19.6 Å². The lowest BCUT2D eigenvalue weighted by molar-refractivity contribution is -0.144. The zero-order valence-corrected chi connectivity index (χ0v) is 12.2. The van der Waals surface area contributed by atoms with Crippen LogP contribution in [0.5, 0.6) is 0 Å². The van der Waals surface area contributed by atoms with Crippen LogP contribution in [0.15, 0.2) is 0 Å². The molecule has 1 saturated carbocycles. The van der Waals surface area contributed by atoms with Crippen molar-refractivity contribution in [2.45, 2.75) is 57.0 Å². The average molecular weight is 283 g/mol. The summed E-state index contributed by atoms with van der Waals surface area (Å²) in [6.07, 6.45) is 4.68. The Kier molecular flexibility index (Phi) is 4.86. The summed E-state index contributed by atoms with van der Waals surface area (Å²) in [4.78, 5) is 25.8. The first-order valence-corrected chi connectivity index (χ1v) is 7.62. The summed E-state index contributed by atoms with van der Waals surface area (Å²) in [5, 5.41) is 15.5. The van der Waals surface area contributed by atoms with Crippen molar-refractivity contribution < 1.29 is 14.7 Å². The fourth-order valence-corrected chi connectivity index (χ4v) is 3.33. The third-order valence-electron chi connectivity index (χ3n) is 4.56. The van der Waals surface area contributed by atoms with Gasteiger partial charge in [0.25, 0.3) is 0 Å². The Morgan fingerprint density at radius 2 is 1.90 bits per heavy atom. The second-order valence-electron chi connectivity index (χ2n) is 5.79. The Morgan fingerprint density at radius 1 is 1.30 bits per heavy atom. The molecule has 6 heteroatoms. The van der Waals surface area contributed by atoms with Crippen molar-refractivity contribution in [1.29, 1.82) is 0 Å². The number of nitrogens with zero attached hydrogens (tertiary/aromatic N) is 1. The number of nitrogens with one attached hydrogen (secondary N) is 2. The Morgan fingerprint density at radius 3 is 2.40 bits per heavy atom. The van der Waals surface area contributed by atoms with E-state index in [1.54, 1.807) is 4.90 Å². The van der Waals surface area contributed by atoms with Gasteiger partial charge >= 0.3 is 12.0 Å². The summed E-state index contributed by atoms with van der Waals surface area (Å²) in [5.74, 6) is -0.898. The number of piperidine rings is 1. The normalized spacial score (nSPS) is 22.4. The molecule has 1 aliphatic heterocycles. The second kappa shape index (κ2) is 6.43. The van der Waals surface area contributed by atoms with E-state index in [-0.39, 0.29) is 12.1 Å². The average Bonchev–Trinajstić information content (AvgIpc) is 2.90. The first kappa shape index (κ1) is 15.1. The lowest BCUT2D eigenvalue weighted by Crippen LogP contribution is -2.58. The van der Waals surface area contributed by atoms with E-state index in [2.05, 4.69) is 10.6 Å². The Labute approximate surface area is 119 Å². The number of carbonyl (C=O) groups is 2. The number of carbonyl (C=O) groups excluding carboxylic acids is 1. The summed E-state index contributed by atoms with van der Waals surface area (Å²) in [7, 11) is 0. The molecule has 2 rings (SSSR count). The molecular formula is C14H25N3O3. The number of hydrogen-bond acceptors (Lipinski definition) is 3. The molecule has 2 aliphatic rings. The van der Waals surface area contributed by atoms with Crippen LogP contribution >= 0.6 is 0 Å². The molecule has 0 atom stereocenters. The number of amides is 2. The van der Waals surface area contributed by atoms with Gasteiger partial charge in [-0.3, -0.25) is 0 Å². The van der Waals surface area contributed by atoms with Crippen LogP contribution in [0.1, 0.15) is 45.4 Å². The van der Waals surface area contributed by atoms with E-state index >= 15 is 0 Å². The van der Waals surface area contributed by atoms with E-state index in [0.29, 0.717) is 19.4 Å². The van der Waals surface area contributed by atoms with Crippen molar-refractivity contribution in [2.24, 2.45) is 0 Å². The van der Waals surface area contributed by atoms with Gasteiger partial charge in [-0.15, -0.1) is 0 Å². The summed E-state index contributed by atoms with van der Waals surface area (Å²) >= 11 is 0. The van der Waals surface area contributed by atoms with Crippen molar-refractivity contribution in [3.63, 3.8) is 0 Å². The fourth-order valence-electron chi connectivity index (χ4n) is 3.33. The second-order valence-corrected chi connectivity index (χ2v) is 5.79. The Bertz CT molecular complexity index is 361. The molecule has 2 fully saturated rings. The van der Waals surface area contributed by atoms with E-state index in [0.717, 1.165) is 38.8 Å². The van der Waals surface area contributed by atoms with Gasteiger partial charge in [-0.05, 0) is 45.7 Å². The molecule has 0 unspecified atom stereocenters. The minimum absolute atomic E-state index is 0.216. The molecule has 20 heavy (non-hydrogen) atoms. The summed E-state index contributed by atoms with van der Waals surface area (Å²) in [6, 6.07) is -0.00259. The smallest absolute Gasteiger partial charge is 0.329 e. The molecule has 0 radical (unpaired) electrons. The highest BCUT2D eigenvalue weighted by atomic mass is 16.4. The molecule has 0 aromatic rings. The van der Waals surface area contributed by atoms with Gasteiger partial charge < -0.3 is 20.6 Å². The monoisotopic (exact) mass is 283 g/mol. The predicted octanol–water partition coefficient (Wildman–Crippen LogP) is 1.17. The number of hydrogen-bond donors (Lipinski definition) is 3. The van der Waals surface area contributed by atoms with Crippen LogP contribution in [-0.4, -0.2) is 53.2 Å². The van der Waals surface area contributed by atoms with Crippen LogP contribution in [0, 0.1) is 0 Å². The largest absolute Gasteiger partial charge is 0.480 e. The van der Waals surface area contributed by atoms with Gasteiger partial charge in [-0.2, -0.15) is 0 Å². The molecule has 1 saturated heterocycles. The highest BCUT2D eigenvalue weighted by Gasteiger charge is 2.43. The molecule has 0 bridgehead atoms. The Balaban J connectivity index is 2.02. The molecule has 1 aliphatic carbocycles. The molecule has 0 aromatic heterocycles. The third kappa shape index (κ3) is 3.06. The van der Waals surface area contributed by atoms with Crippen molar-refractivity contribution in [1.82, 2.24) is 15.5 Å². The minimum Gasteiger partial charge on any atom is -0.480 e. The van der Waals surface area contributed by atoms with Crippen LogP contribution in [0.4, 0.5) is 4.79 Å². The highest BCUT2D eigenvalue weighted by molar-refractivity contribution is 5.86. The maximum absolute atomic E-state index is 12.5. The number of carboxylic acids is 1. The summed E-state index contributed by atoms with van der Waals surface area (Å²) in [6.45, 7) is 4.40. The van der Waals surface area contributed by atoms with E-state index < -0.39 is 11.5 Å². The molecule has 1 heterocycles.